The number of anilines is 1. The quantitative estimate of drug-likeness (QED) is 0.466. The smallest absolute Gasteiger partial charge is 0.329 e. The molecule has 0 spiro atoms. The zero-order chi connectivity index (χ0) is 25.4. The first-order valence-corrected chi connectivity index (χ1v) is 14.0. The second-order valence-electron chi connectivity index (χ2n) is 10.2. The van der Waals surface area contributed by atoms with Crippen molar-refractivity contribution in [2.45, 2.75) is 71.2 Å². The van der Waals surface area contributed by atoms with E-state index in [1.54, 1.807) is 13.8 Å². The van der Waals surface area contributed by atoms with Gasteiger partial charge >= 0.3 is 5.97 Å². The molecule has 1 fully saturated rings. The van der Waals surface area contributed by atoms with Crippen molar-refractivity contribution in [3.8, 4) is 0 Å². The largest absolute Gasteiger partial charge is 0.480 e. The van der Waals surface area contributed by atoms with Crippen molar-refractivity contribution in [1.29, 1.82) is 0 Å². The van der Waals surface area contributed by atoms with E-state index in [0.717, 1.165) is 0 Å². The number of aliphatic carboxylic acids is 1. The highest BCUT2D eigenvalue weighted by Crippen LogP contribution is 2.40. The van der Waals surface area contributed by atoms with E-state index in [1.807, 2.05) is 0 Å². The van der Waals surface area contributed by atoms with Gasteiger partial charge in [-0.3, -0.25) is 24.5 Å². The molecule has 13 heteroatoms. The molecule has 12 nitrogen and oxygen atoms in total. The summed E-state index contributed by atoms with van der Waals surface area (Å²) in [5.41, 5.74) is -0.306. The molecule has 2 aromatic rings. The third-order valence-corrected chi connectivity index (χ3v) is 10.7. The third kappa shape index (κ3) is 5.37. The zero-order valence-electron chi connectivity index (χ0n) is 20.5. The molecular weight excluding hydrogens is 462 g/mol. The Kier molecular flexibility index (Phi) is 7.31. The molecule has 0 bridgehead atoms. The van der Waals surface area contributed by atoms with Gasteiger partial charge in [0.25, 0.3) is 5.56 Å². The van der Waals surface area contributed by atoms with Gasteiger partial charge in [0, 0.05) is 5.92 Å². The Balaban J connectivity index is 1.98. The van der Waals surface area contributed by atoms with Crippen molar-refractivity contribution >= 4 is 37.3 Å². The number of amides is 1. The van der Waals surface area contributed by atoms with Gasteiger partial charge in [0.05, 0.1) is 19.0 Å². The summed E-state index contributed by atoms with van der Waals surface area (Å²) in [5, 5.41) is 11.7. The number of carbonyl (C=O) groups is 2. The average molecular weight is 496 g/mol. The SMILES string of the molecule is CC(C)C(=O)Nc1nc2c(ncn2[C@@H]2OCC(O[Si](C)(C)C(C)(C)C)[C@@H]2OCC(=O)O)c(=O)[nH]1. The monoisotopic (exact) mass is 495 g/mol. The van der Waals surface area contributed by atoms with Crippen LogP contribution < -0.4 is 10.9 Å². The fraction of sp³-hybridized carbons (Fsp3) is 0.667. The molecule has 0 aliphatic carbocycles. The average Bonchev–Trinajstić information content (AvgIpc) is 3.29. The standard InChI is InChI=1S/C21H33N5O7Si/c1-11(2)17(29)24-20-23-16-14(18(30)25-20)22-10-26(16)19-15(31-9-13(27)28)12(8-32-19)33-34(6,7)21(3,4)5/h10-12,15,19H,8-9H2,1-7H3,(H,27,28)(H2,23,24,25,29,30)/t12?,15-,19+/m0/s1. The number of carboxylic acids is 1. The van der Waals surface area contributed by atoms with Crippen molar-refractivity contribution < 1.29 is 28.6 Å². The van der Waals surface area contributed by atoms with E-state index in [2.05, 4.69) is 54.1 Å². The summed E-state index contributed by atoms with van der Waals surface area (Å²) in [6, 6.07) is 0. The zero-order valence-corrected chi connectivity index (χ0v) is 21.5. The molecule has 188 valence electrons. The summed E-state index contributed by atoms with van der Waals surface area (Å²) in [4.78, 5) is 46.9. The van der Waals surface area contributed by atoms with Gasteiger partial charge in [0.15, 0.2) is 25.7 Å². The second kappa shape index (κ2) is 9.56. The number of ether oxygens (including phenoxy) is 2. The number of nitrogens with zero attached hydrogens (tertiary/aromatic N) is 3. The number of carbonyl (C=O) groups excluding carboxylic acids is 1. The molecule has 1 aliphatic rings. The maximum Gasteiger partial charge on any atom is 0.329 e. The van der Waals surface area contributed by atoms with Crippen LogP contribution in [0.2, 0.25) is 18.1 Å². The first-order chi connectivity index (χ1) is 15.7. The number of carboxylic acid groups (broad SMARTS) is 1. The van der Waals surface area contributed by atoms with Crippen LogP contribution in [0, 0.1) is 5.92 Å². The number of aromatic amines is 1. The highest BCUT2D eigenvalue weighted by atomic mass is 28.4. The van der Waals surface area contributed by atoms with Gasteiger partial charge in [-0.15, -0.1) is 0 Å². The maximum atomic E-state index is 12.5. The van der Waals surface area contributed by atoms with Gasteiger partial charge in [-0.25, -0.2) is 9.78 Å². The number of aromatic nitrogens is 4. The molecule has 1 saturated heterocycles. The number of nitrogens with one attached hydrogen (secondary N) is 2. The van der Waals surface area contributed by atoms with Crippen molar-refractivity contribution in [2.75, 3.05) is 18.5 Å². The van der Waals surface area contributed by atoms with Crippen molar-refractivity contribution in [3.05, 3.63) is 16.7 Å². The summed E-state index contributed by atoms with van der Waals surface area (Å²) >= 11 is 0. The molecule has 3 atom stereocenters. The highest BCUT2D eigenvalue weighted by molar-refractivity contribution is 6.74. The van der Waals surface area contributed by atoms with E-state index in [0.29, 0.717) is 0 Å². The lowest BCUT2D eigenvalue weighted by Gasteiger charge is -2.39. The summed E-state index contributed by atoms with van der Waals surface area (Å²) in [5.74, 6) is -1.77. The van der Waals surface area contributed by atoms with E-state index >= 15 is 0 Å². The minimum absolute atomic E-state index is 0.0203. The fourth-order valence-electron chi connectivity index (χ4n) is 3.25. The van der Waals surface area contributed by atoms with Crippen molar-refractivity contribution in [3.63, 3.8) is 0 Å². The lowest BCUT2D eigenvalue weighted by molar-refractivity contribution is -0.148. The van der Waals surface area contributed by atoms with Gasteiger partial charge in [-0.1, -0.05) is 34.6 Å². The lowest BCUT2D eigenvalue weighted by Crippen LogP contribution is -2.48. The van der Waals surface area contributed by atoms with Crippen LogP contribution in [0.15, 0.2) is 11.1 Å². The van der Waals surface area contributed by atoms with Gasteiger partial charge in [0.2, 0.25) is 11.9 Å². The molecular formula is C21H33N5O7Si. The predicted octanol–water partition coefficient (Wildman–Crippen LogP) is 2.10. The molecule has 0 saturated carbocycles. The molecule has 3 rings (SSSR count). The summed E-state index contributed by atoms with van der Waals surface area (Å²) in [6.45, 7) is 13.5. The number of rotatable bonds is 8. The van der Waals surface area contributed by atoms with Crippen LogP contribution in [-0.2, 0) is 23.5 Å². The van der Waals surface area contributed by atoms with E-state index < -0.39 is 44.9 Å². The van der Waals surface area contributed by atoms with Crippen LogP contribution in [0.5, 0.6) is 0 Å². The Morgan fingerprint density at radius 2 is 2.06 bits per heavy atom. The number of fused-ring (bicyclic) bond motifs is 1. The van der Waals surface area contributed by atoms with Crippen LogP contribution in [0.4, 0.5) is 5.95 Å². The first-order valence-electron chi connectivity index (χ1n) is 11.1. The molecule has 0 radical (unpaired) electrons. The number of imidazole rings is 1. The highest BCUT2D eigenvalue weighted by Gasteiger charge is 2.47. The normalized spacial score (nSPS) is 21.4. The number of hydrogen-bond acceptors (Lipinski definition) is 8. The van der Waals surface area contributed by atoms with Crippen LogP contribution >= 0.6 is 0 Å². The minimum atomic E-state index is -2.23. The Hall–Kier alpha value is -2.61. The Morgan fingerprint density at radius 1 is 1.38 bits per heavy atom. The molecule has 34 heavy (non-hydrogen) atoms. The van der Waals surface area contributed by atoms with Crippen molar-refractivity contribution in [1.82, 2.24) is 19.5 Å². The lowest BCUT2D eigenvalue weighted by atomic mass is 10.2. The van der Waals surface area contributed by atoms with Gasteiger partial charge in [-0.05, 0) is 18.1 Å². The molecule has 3 N–H and O–H groups in total. The molecule has 1 aliphatic heterocycles. The molecule has 1 unspecified atom stereocenters. The molecule has 0 aromatic carbocycles. The molecule has 1 amide bonds. The van der Waals surface area contributed by atoms with Crippen LogP contribution in [0.25, 0.3) is 11.2 Å². The maximum absolute atomic E-state index is 12.5. The number of hydrogen-bond donors (Lipinski definition) is 3. The second-order valence-corrected chi connectivity index (χ2v) is 14.9. The molecule has 3 heterocycles. The summed E-state index contributed by atoms with van der Waals surface area (Å²) in [6.07, 6.45) is -0.749. The predicted molar refractivity (Wildman–Crippen MR) is 126 cm³/mol. The number of H-pyrrole nitrogens is 1. The van der Waals surface area contributed by atoms with Crippen molar-refractivity contribution in [2.24, 2.45) is 5.92 Å². The molecule has 2 aromatic heterocycles. The van der Waals surface area contributed by atoms with Gasteiger partial charge < -0.3 is 19.0 Å². The van der Waals surface area contributed by atoms with Crippen LogP contribution in [0.1, 0.15) is 40.8 Å². The van der Waals surface area contributed by atoms with E-state index in [4.69, 9.17) is 13.9 Å². The Bertz CT molecular complexity index is 1120. The van der Waals surface area contributed by atoms with E-state index in [1.165, 1.54) is 10.9 Å². The third-order valence-electron chi connectivity index (χ3n) is 6.20. The first kappa shape index (κ1) is 26.0. The summed E-state index contributed by atoms with van der Waals surface area (Å²) < 4.78 is 19.7. The van der Waals surface area contributed by atoms with E-state index in [9.17, 15) is 19.5 Å². The van der Waals surface area contributed by atoms with Crippen LogP contribution in [-0.4, -0.2) is 70.2 Å². The fourth-order valence-corrected chi connectivity index (χ4v) is 4.56. The van der Waals surface area contributed by atoms with E-state index in [-0.39, 0.29) is 40.6 Å². The van der Waals surface area contributed by atoms with Crippen LogP contribution in [0.3, 0.4) is 0 Å². The summed E-state index contributed by atoms with van der Waals surface area (Å²) in [7, 11) is -2.23. The topological polar surface area (TPSA) is 158 Å². The van der Waals surface area contributed by atoms with Gasteiger partial charge in [0.1, 0.15) is 12.7 Å². The minimum Gasteiger partial charge on any atom is -0.480 e. The van der Waals surface area contributed by atoms with Gasteiger partial charge in [-0.2, -0.15) is 4.98 Å². The Labute approximate surface area is 198 Å². The Morgan fingerprint density at radius 3 is 2.65 bits per heavy atom.